The molecule has 0 radical (unpaired) electrons. The lowest BCUT2D eigenvalue weighted by molar-refractivity contribution is 0.0576. The Morgan fingerprint density at radius 3 is 2.97 bits per heavy atom. The van der Waals surface area contributed by atoms with Crippen molar-refractivity contribution in [1.29, 1.82) is 0 Å². The van der Waals surface area contributed by atoms with E-state index in [1.54, 1.807) is 12.3 Å². The lowest BCUT2D eigenvalue weighted by Gasteiger charge is -2.33. The first-order valence-corrected chi connectivity index (χ1v) is 11.9. The van der Waals surface area contributed by atoms with Gasteiger partial charge in [-0.25, -0.2) is 4.98 Å². The molecule has 2 fully saturated rings. The summed E-state index contributed by atoms with van der Waals surface area (Å²) < 4.78 is 17.9. The monoisotopic (exact) mass is 473 g/mol. The first-order chi connectivity index (χ1) is 16.7. The summed E-state index contributed by atoms with van der Waals surface area (Å²) in [5, 5.41) is 5.27. The Hall–Kier alpha value is -3.76. The van der Waals surface area contributed by atoms with Gasteiger partial charge in [0.2, 0.25) is 5.76 Å². The Labute approximate surface area is 197 Å². The third-order valence-electron chi connectivity index (χ3n) is 6.61. The van der Waals surface area contributed by atoms with E-state index in [9.17, 15) is 4.79 Å². The van der Waals surface area contributed by atoms with Crippen LogP contribution in [0.4, 0.5) is 0 Å². The van der Waals surface area contributed by atoms with Gasteiger partial charge < -0.3 is 18.6 Å². The van der Waals surface area contributed by atoms with Crippen molar-refractivity contribution in [2.45, 2.75) is 25.0 Å². The van der Waals surface area contributed by atoms with Gasteiger partial charge in [-0.3, -0.25) is 9.69 Å². The van der Waals surface area contributed by atoms with Crippen molar-refractivity contribution >= 4 is 38.6 Å². The van der Waals surface area contributed by atoms with Crippen LogP contribution in [0.5, 0.6) is 10.9 Å². The minimum absolute atomic E-state index is 0.0742. The van der Waals surface area contributed by atoms with Gasteiger partial charge in [0.05, 0.1) is 17.2 Å². The van der Waals surface area contributed by atoms with E-state index in [4.69, 9.17) is 13.7 Å². The molecule has 9 nitrogen and oxygen atoms in total. The smallest absolute Gasteiger partial charge is 0.292 e. The van der Waals surface area contributed by atoms with Crippen molar-refractivity contribution in [3.05, 3.63) is 66.4 Å². The van der Waals surface area contributed by atoms with Crippen LogP contribution in [0.25, 0.3) is 21.3 Å². The summed E-state index contributed by atoms with van der Waals surface area (Å²) in [5.74, 6) is 0.907. The van der Waals surface area contributed by atoms with Crippen molar-refractivity contribution in [1.82, 2.24) is 24.9 Å². The number of carbonyl (C=O) groups excluding carboxylic acids is 1. The number of likely N-dealkylation sites (tertiary alicyclic amines) is 2. The molecule has 2 atom stereocenters. The average molecular weight is 474 g/mol. The van der Waals surface area contributed by atoms with E-state index in [-0.39, 0.29) is 11.9 Å². The van der Waals surface area contributed by atoms with E-state index in [2.05, 4.69) is 20.0 Å². The molecule has 0 N–H and O–H groups in total. The molecule has 2 aliphatic heterocycles. The fraction of sp³-hybridized carbons (Fsp3) is 0.250. The lowest BCUT2D eigenvalue weighted by Crippen LogP contribution is -2.48. The predicted octanol–water partition coefficient (Wildman–Crippen LogP) is 4.32. The number of thiazole rings is 1. The minimum atomic E-state index is -0.0742. The number of piperazine rings is 1. The molecule has 5 aromatic rings. The van der Waals surface area contributed by atoms with E-state index < -0.39 is 0 Å². The summed E-state index contributed by atoms with van der Waals surface area (Å²) in [6, 6.07) is 11.9. The van der Waals surface area contributed by atoms with E-state index in [0.29, 0.717) is 34.9 Å². The molecule has 1 aromatic carbocycles. The zero-order valence-corrected chi connectivity index (χ0v) is 18.8. The second kappa shape index (κ2) is 7.64. The maximum Gasteiger partial charge on any atom is 0.292 e. The van der Waals surface area contributed by atoms with E-state index in [0.717, 1.165) is 40.7 Å². The molecule has 1 amide bonds. The second-order valence-electron chi connectivity index (χ2n) is 8.63. The first kappa shape index (κ1) is 19.7. The van der Waals surface area contributed by atoms with Crippen molar-refractivity contribution < 1.29 is 18.5 Å². The molecular formula is C24H19N5O4S. The number of rotatable bonds is 5. The fourth-order valence-corrected chi connectivity index (χ4v) is 5.82. The largest absolute Gasteiger partial charge is 0.464 e. The number of hydrogen-bond donors (Lipinski definition) is 0. The molecule has 7 rings (SSSR count). The van der Waals surface area contributed by atoms with Crippen LogP contribution in [0.3, 0.4) is 0 Å². The summed E-state index contributed by atoms with van der Waals surface area (Å²) in [7, 11) is 0. The van der Waals surface area contributed by atoms with Crippen LogP contribution in [0.1, 0.15) is 22.5 Å². The highest BCUT2D eigenvalue weighted by atomic mass is 32.1. The first-order valence-electron chi connectivity index (χ1n) is 11.1. The van der Waals surface area contributed by atoms with Crippen molar-refractivity contribution in [2.75, 3.05) is 13.1 Å². The number of nitrogens with zero attached hydrogens (tertiary/aromatic N) is 5. The van der Waals surface area contributed by atoms with Crippen LogP contribution >= 0.6 is 11.3 Å². The van der Waals surface area contributed by atoms with Crippen molar-refractivity contribution in [3.8, 4) is 10.9 Å². The normalized spacial score (nSPS) is 20.1. The van der Waals surface area contributed by atoms with Crippen LogP contribution in [0.2, 0.25) is 0 Å². The van der Waals surface area contributed by atoms with Gasteiger partial charge >= 0.3 is 0 Å². The van der Waals surface area contributed by atoms with Gasteiger partial charge in [0.15, 0.2) is 5.65 Å². The highest BCUT2D eigenvalue weighted by Gasteiger charge is 2.46. The van der Waals surface area contributed by atoms with Gasteiger partial charge in [-0.2, -0.15) is 4.98 Å². The zero-order chi connectivity index (χ0) is 22.6. The van der Waals surface area contributed by atoms with Crippen molar-refractivity contribution in [3.63, 3.8) is 0 Å². The van der Waals surface area contributed by atoms with Gasteiger partial charge in [0, 0.05) is 61.0 Å². The maximum atomic E-state index is 12.6. The molecule has 2 saturated heterocycles. The number of furan rings is 1. The van der Waals surface area contributed by atoms with Crippen LogP contribution in [-0.4, -0.2) is 56.0 Å². The Morgan fingerprint density at radius 2 is 2.15 bits per heavy atom. The molecule has 170 valence electrons. The molecule has 4 aromatic heterocycles. The number of fused-ring (bicyclic) bond motifs is 4. The SMILES string of the molecule is O=C(c1ccno1)N1C[C@@H]2C[C@H]1CN2Cc1coc2cc(Oc3nc4ncccc4s3)ccc12. The van der Waals surface area contributed by atoms with Gasteiger partial charge in [0.1, 0.15) is 11.3 Å². The number of ether oxygens (including phenoxy) is 1. The minimum Gasteiger partial charge on any atom is -0.464 e. The number of pyridine rings is 1. The third kappa shape index (κ3) is 3.25. The van der Waals surface area contributed by atoms with Crippen LogP contribution in [-0.2, 0) is 6.54 Å². The Morgan fingerprint density at radius 1 is 1.18 bits per heavy atom. The quantitative estimate of drug-likeness (QED) is 0.372. The summed E-state index contributed by atoms with van der Waals surface area (Å²) in [5.41, 5.74) is 2.59. The molecule has 6 heterocycles. The standard InChI is InChI=1S/C24H19N5O4S/c30-23(19-5-7-26-33-19)29-12-15-8-16(29)11-28(15)10-14-13-31-20-9-17(3-4-18(14)20)32-24-27-22-21(34-24)2-1-6-25-22/h1-7,9,13,15-16H,8,10-12H2/t15-,16-/m0/s1. The second-order valence-corrected chi connectivity index (χ2v) is 9.63. The molecule has 0 unspecified atom stereocenters. The van der Waals surface area contributed by atoms with Gasteiger partial charge in [-0.05, 0) is 30.7 Å². The highest BCUT2D eigenvalue weighted by Crippen LogP contribution is 2.36. The third-order valence-corrected chi connectivity index (χ3v) is 7.50. The molecule has 0 saturated carbocycles. The Bertz CT molecular complexity index is 1480. The summed E-state index contributed by atoms with van der Waals surface area (Å²) in [4.78, 5) is 25.7. The fourth-order valence-electron chi connectivity index (χ4n) is 5.02. The molecule has 0 spiro atoms. The number of benzene rings is 1. The van der Waals surface area contributed by atoms with Gasteiger partial charge in [-0.15, -0.1) is 0 Å². The molecular weight excluding hydrogens is 454 g/mol. The molecule has 2 bridgehead atoms. The van der Waals surface area contributed by atoms with E-state index >= 15 is 0 Å². The topological polar surface area (TPSA) is 97.7 Å². The molecule has 10 heteroatoms. The Balaban J connectivity index is 1.05. The number of carbonyl (C=O) groups is 1. The van der Waals surface area contributed by atoms with Crippen LogP contribution in [0, 0.1) is 0 Å². The summed E-state index contributed by atoms with van der Waals surface area (Å²) >= 11 is 1.46. The molecule has 34 heavy (non-hydrogen) atoms. The number of aromatic nitrogens is 3. The number of hydrogen-bond acceptors (Lipinski definition) is 9. The van der Waals surface area contributed by atoms with Crippen LogP contribution < -0.4 is 4.74 Å². The predicted molar refractivity (Wildman–Crippen MR) is 124 cm³/mol. The molecule has 2 aliphatic rings. The summed E-state index contributed by atoms with van der Waals surface area (Å²) in [6.07, 6.45) is 6.02. The van der Waals surface area contributed by atoms with E-state index in [1.165, 1.54) is 17.5 Å². The van der Waals surface area contributed by atoms with Crippen molar-refractivity contribution in [2.24, 2.45) is 0 Å². The highest BCUT2D eigenvalue weighted by molar-refractivity contribution is 7.20. The molecule has 0 aliphatic carbocycles. The van der Waals surface area contributed by atoms with Gasteiger partial charge in [0.25, 0.3) is 11.1 Å². The van der Waals surface area contributed by atoms with E-state index in [1.807, 2.05) is 41.5 Å². The van der Waals surface area contributed by atoms with Crippen LogP contribution in [0.15, 0.2) is 64.0 Å². The Kier molecular flexibility index (Phi) is 4.42. The summed E-state index contributed by atoms with van der Waals surface area (Å²) in [6.45, 7) is 2.32. The lowest BCUT2D eigenvalue weighted by atomic mass is 10.1. The maximum absolute atomic E-state index is 12.6. The average Bonchev–Trinajstić information content (AvgIpc) is 3.67. The van der Waals surface area contributed by atoms with Gasteiger partial charge in [-0.1, -0.05) is 16.5 Å². The number of amides is 1. The zero-order valence-electron chi connectivity index (χ0n) is 18.0.